The zero-order valence-corrected chi connectivity index (χ0v) is 19.8. The van der Waals surface area contributed by atoms with Gasteiger partial charge in [0.25, 0.3) is 0 Å². The van der Waals surface area contributed by atoms with E-state index < -0.39 is 9.84 Å². The van der Waals surface area contributed by atoms with Crippen LogP contribution in [0, 0.1) is 0 Å². The molecule has 28 heavy (non-hydrogen) atoms. The SMILES string of the molecule is CCNC(=NCCCS(=O)(=O)Cc1ccccc1)N1CCN(C(C)=O)CC1.I. The molecule has 1 aromatic carbocycles. The number of benzene rings is 1. The lowest BCUT2D eigenvalue weighted by molar-refractivity contribution is -0.130. The highest BCUT2D eigenvalue weighted by Gasteiger charge is 2.20. The van der Waals surface area contributed by atoms with Crippen LogP contribution in [0.3, 0.4) is 0 Å². The van der Waals surface area contributed by atoms with Gasteiger partial charge >= 0.3 is 0 Å². The Morgan fingerprint density at radius 1 is 1.11 bits per heavy atom. The van der Waals surface area contributed by atoms with Crippen molar-refractivity contribution < 1.29 is 13.2 Å². The number of nitrogens with zero attached hydrogens (tertiary/aromatic N) is 3. The van der Waals surface area contributed by atoms with Crippen LogP contribution in [0.4, 0.5) is 0 Å². The van der Waals surface area contributed by atoms with Gasteiger partial charge in [0.1, 0.15) is 0 Å². The van der Waals surface area contributed by atoms with E-state index in [9.17, 15) is 13.2 Å². The van der Waals surface area contributed by atoms with Crippen molar-refractivity contribution in [3.8, 4) is 0 Å². The molecule has 158 valence electrons. The smallest absolute Gasteiger partial charge is 0.219 e. The summed E-state index contributed by atoms with van der Waals surface area (Å²) in [6, 6.07) is 9.25. The van der Waals surface area contributed by atoms with E-state index in [1.807, 2.05) is 42.2 Å². The zero-order chi connectivity index (χ0) is 19.7. The van der Waals surface area contributed by atoms with Gasteiger partial charge < -0.3 is 15.1 Å². The molecule has 1 N–H and O–H groups in total. The summed E-state index contributed by atoms with van der Waals surface area (Å²) in [6.45, 7) is 7.64. The minimum Gasteiger partial charge on any atom is -0.357 e. The average Bonchev–Trinajstić information content (AvgIpc) is 2.65. The third kappa shape index (κ3) is 8.34. The van der Waals surface area contributed by atoms with Crippen molar-refractivity contribution in [2.45, 2.75) is 26.0 Å². The van der Waals surface area contributed by atoms with Gasteiger partial charge in [-0.3, -0.25) is 9.79 Å². The van der Waals surface area contributed by atoms with Gasteiger partial charge in [0.2, 0.25) is 5.91 Å². The number of sulfone groups is 1. The van der Waals surface area contributed by atoms with Crippen molar-refractivity contribution in [3.05, 3.63) is 35.9 Å². The molecule has 0 aliphatic carbocycles. The molecule has 0 saturated carbocycles. The van der Waals surface area contributed by atoms with Crippen LogP contribution in [0.15, 0.2) is 35.3 Å². The molecule has 0 radical (unpaired) electrons. The molecule has 1 heterocycles. The molecule has 1 aliphatic rings. The summed E-state index contributed by atoms with van der Waals surface area (Å²) in [5.41, 5.74) is 0.817. The van der Waals surface area contributed by atoms with Gasteiger partial charge in [-0.05, 0) is 18.9 Å². The van der Waals surface area contributed by atoms with Crippen molar-refractivity contribution in [1.82, 2.24) is 15.1 Å². The molecular formula is C19H31IN4O3S. The fourth-order valence-corrected chi connectivity index (χ4v) is 4.44. The Morgan fingerprint density at radius 2 is 1.71 bits per heavy atom. The summed E-state index contributed by atoms with van der Waals surface area (Å²) >= 11 is 0. The maximum absolute atomic E-state index is 12.3. The lowest BCUT2D eigenvalue weighted by Gasteiger charge is -2.36. The van der Waals surface area contributed by atoms with Crippen LogP contribution in [-0.4, -0.2) is 75.1 Å². The van der Waals surface area contributed by atoms with E-state index in [-0.39, 0.29) is 41.4 Å². The number of amides is 1. The first-order chi connectivity index (χ1) is 12.9. The Bertz CT molecular complexity index is 733. The molecule has 1 aromatic rings. The molecular weight excluding hydrogens is 491 g/mol. The van der Waals surface area contributed by atoms with E-state index in [1.165, 1.54) is 0 Å². The number of carbonyl (C=O) groups excluding carboxylic acids is 1. The van der Waals surface area contributed by atoms with Crippen LogP contribution in [-0.2, 0) is 20.4 Å². The van der Waals surface area contributed by atoms with Crippen molar-refractivity contribution in [3.63, 3.8) is 0 Å². The van der Waals surface area contributed by atoms with E-state index >= 15 is 0 Å². The number of aliphatic imine (C=N–C) groups is 1. The van der Waals surface area contributed by atoms with Gasteiger partial charge in [0.05, 0.1) is 11.5 Å². The molecule has 1 fully saturated rings. The van der Waals surface area contributed by atoms with Crippen LogP contribution in [0.2, 0.25) is 0 Å². The van der Waals surface area contributed by atoms with E-state index in [0.717, 1.165) is 31.2 Å². The largest absolute Gasteiger partial charge is 0.357 e. The van der Waals surface area contributed by atoms with Gasteiger partial charge in [0, 0.05) is 46.2 Å². The maximum Gasteiger partial charge on any atom is 0.219 e. The average molecular weight is 522 g/mol. The molecule has 0 bridgehead atoms. The molecule has 0 spiro atoms. The first kappa shape index (κ1) is 24.7. The molecule has 0 atom stereocenters. The van der Waals surface area contributed by atoms with E-state index in [0.29, 0.717) is 26.1 Å². The van der Waals surface area contributed by atoms with Crippen LogP contribution >= 0.6 is 24.0 Å². The molecule has 1 amide bonds. The lowest BCUT2D eigenvalue weighted by Crippen LogP contribution is -2.53. The number of carbonyl (C=O) groups is 1. The summed E-state index contributed by atoms with van der Waals surface area (Å²) in [5.74, 6) is 1.09. The van der Waals surface area contributed by atoms with Gasteiger partial charge in [-0.1, -0.05) is 30.3 Å². The minimum absolute atomic E-state index is 0. The van der Waals surface area contributed by atoms with Gasteiger partial charge in [0.15, 0.2) is 15.8 Å². The number of hydrogen-bond donors (Lipinski definition) is 1. The first-order valence-electron chi connectivity index (χ1n) is 9.44. The Morgan fingerprint density at radius 3 is 2.29 bits per heavy atom. The highest BCUT2D eigenvalue weighted by atomic mass is 127. The minimum atomic E-state index is -3.13. The summed E-state index contributed by atoms with van der Waals surface area (Å²) in [5, 5.41) is 3.26. The van der Waals surface area contributed by atoms with Crippen molar-refractivity contribution in [2.75, 3.05) is 45.0 Å². The molecule has 1 aliphatic heterocycles. The predicted octanol–water partition coefficient (Wildman–Crippen LogP) is 1.74. The third-order valence-electron chi connectivity index (χ3n) is 4.46. The second kappa shape index (κ2) is 12.3. The zero-order valence-electron chi connectivity index (χ0n) is 16.6. The van der Waals surface area contributed by atoms with Crippen molar-refractivity contribution >= 4 is 45.7 Å². The van der Waals surface area contributed by atoms with Crippen molar-refractivity contribution in [1.29, 1.82) is 0 Å². The van der Waals surface area contributed by atoms with Gasteiger partial charge in [-0.15, -0.1) is 24.0 Å². The lowest BCUT2D eigenvalue weighted by atomic mass is 10.2. The standard InChI is InChI=1S/C19H30N4O3S.HI/c1-3-20-19(23-13-11-22(12-14-23)17(2)24)21-10-7-15-27(25,26)16-18-8-5-4-6-9-18;/h4-6,8-9H,3,7,10-16H2,1-2H3,(H,20,21);1H. The highest BCUT2D eigenvalue weighted by Crippen LogP contribution is 2.08. The summed E-state index contributed by atoms with van der Waals surface area (Å²) < 4.78 is 24.5. The van der Waals surface area contributed by atoms with Gasteiger partial charge in [-0.2, -0.15) is 0 Å². The van der Waals surface area contributed by atoms with Gasteiger partial charge in [-0.25, -0.2) is 8.42 Å². The number of piperazine rings is 1. The van der Waals surface area contributed by atoms with Crippen LogP contribution < -0.4 is 5.32 Å². The number of rotatable bonds is 7. The van der Waals surface area contributed by atoms with Crippen LogP contribution in [0.1, 0.15) is 25.8 Å². The summed E-state index contributed by atoms with van der Waals surface area (Å²) in [4.78, 5) is 20.0. The topological polar surface area (TPSA) is 82.1 Å². The fourth-order valence-electron chi connectivity index (χ4n) is 3.03. The van der Waals surface area contributed by atoms with E-state index in [1.54, 1.807) is 6.92 Å². The summed E-state index contributed by atoms with van der Waals surface area (Å²) in [7, 11) is -3.13. The third-order valence-corrected chi connectivity index (χ3v) is 6.15. The number of guanidine groups is 1. The Kier molecular flexibility index (Phi) is 10.8. The maximum atomic E-state index is 12.3. The van der Waals surface area contributed by atoms with E-state index in [4.69, 9.17) is 0 Å². The normalized spacial score (nSPS) is 15.1. The molecule has 0 aromatic heterocycles. The quantitative estimate of drug-likeness (QED) is 0.256. The fraction of sp³-hybridized carbons (Fsp3) is 0.579. The Balaban J connectivity index is 0.00000392. The molecule has 0 unspecified atom stereocenters. The van der Waals surface area contributed by atoms with Crippen LogP contribution in [0.25, 0.3) is 0 Å². The first-order valence-corrected chi connectivity index (χ1v) is 11.3. The number of hydrogen-bond acceptors (Lipinski definition) is 4. The predicted molar refractivity (Wildman–Crippen MR) is 124 cm³/mol. The second-order valence-corrected chi connectivity index (χ2v) is 8.84. The monoisotopic (exact) mass is 522 g/mol. The molecule has 9 heteroatoms. The van der Waals surface area contributed by atoms with Crippen LogP contribution in [0.5, 0.6) is 0 Å². The number of nitrogens with one attached hydrogen (secondary N) is 1. The number of halogens is 1. The molecule has 1 saturated heterocycles. The Labute approximate surface area is 185 Å². The Hall–Kier alpha value is -1.36. The molecule has 2 rings (SSSR count). The molecule has 7 nitrogen and oxygen atoms in total. The van der Waals surface area contributed by atoms with Crippen molar-refractivity contribution in [2.24, 2.45) is 4.99 Å². The summed E-state index contributed by atoms with van der Waals surface area (Å²) in [6.07, 6.45) is 0.497. The van der Waals surface area contributed by atoms with E-state index in [2.05, 4.69) is 15.2 Å². The second-order valence-electron chi connectivity index (χ2n) is 6.66. The highest BCUT2D eigenvalue weighted by molar-refractivity contribution is 14.0.